The zero-order chi connectivity index (χ0) is 13.0. The van der Waals surface area contributed by atoms with Crippen LogP contribution in [0.3, 0.4) is 0 Å². The second-order valence-electron chi connectivity index (χ2n) is 4.55. The number of carbonyl (C=O) groups is 1. The van der Waals surface area contributed by atoms with Crippen LogP contribution in [0.15, 0.2) is 24.5 Å². The molecule has 1 N–H and O–H groups in total. The second-order valence-corrected chi connectivity index (χ2v) is 4.55. The van der Waals surface area contributed by atoms with Crippen LogP contribution in [0, 0.1) is 0 Å². The molecule has 0 spiro atoms. The first-order valence-corrected chi connectivity index (χ1v) is 6.25. The molecule has 2 rings (SSSR count). The van der Waals surface area contributed by atoms with Crippen LogP contribution in [0.5, 0.6) is 0 Å². The topological polar surface area (TPSA) is 54.5 Å². The third-order valence-electron chi connectivity index (χ3n) is 3.25. The minimum Gasteiger partial charge on any atom is -0.443 e. The molecule has 1 saturated heterocycles. The normalized spacial score (nSPS) is 20.6. The number of hydrogen-bond acceptors (Lipinski definition) is 4. The standard InChI is InChI=1S/C13H19N3O2/c1-3-12(10-4-6-14-7-5-10)16(2)9-11-8-15-13(17)18-11/h4-7,11-12H,3,8-9H2,1-2H3,(H,15,17)/t11-,12+/m0/s1. The van der Waals surface area contributed by atoms with E-state index in [-0.39, 0.29) is 12.2 Å². The molecule has 2 atom stereocenters. The molecule has 0 radical (unpaired) electrons. The van der Waals surface area contributed by atoms with Crippen LogP contribution in [0.2, 0.25) is 0 Å². The van der Waals surface area contributed by atoms with Crippen molar-refractivity contribution in [2.24, 2.45) is 0 Å². The summed E-state index contributed by atoms with van der Waals surface area (Å²) in [6.45, 7) is 3.48. The fourth-order valence-corrected chi connectivity index (χ4v) is 2.37. The highest BCUT2D eigenvalue weighted by Gasteiger charge is 2.26. The molecule has 1 amide bonds. The molecule has 0 unspecified atom stereocenters. The van der Waals surface area contributed by atoms with Crippen molar-refractivity contribution < 1.29 is 9.53 Å². The molecule has 1 aromatic heterocycles. The molecule has 1 fully saturated rings. The first kappa shape index (κ1) is 12.8. The summed E-state index contributed by atoms with van der Waals surface area (Å²) >= 11 is 0. The Morgan fingerprint density at radius 3 is 2.83 bits per heavy atom. The maximum Gasteiger partial charge on any atom is 0.407 e. The maximum absolute atomic E-state index is 11.0. The second kappa shape index (κ2) is 5.82. The number of alkyl carbamates (subject to hydrolysis) is 1. The van der Waals surface area contributed by atoms with Crippen molar-refractivity contribution in [3.8, 4) is 0 Å². The lowest BCUT2D eigenvalue weighted by Crippen LogP contribution is -2.34. The van der Waals surface area contributed by atoms with E-state index >= 15 is 0 Å². The van der Waals surface area contributed by atoms with Gasteiger partial charge in [0.25, 0.3) is 0 Å². The SMILES string of the molecule is CC[C@H](c1ccncc1)N(C)C[C@@H]1CNC(=O)O1. The third-order valence-corrected chi connectivity index (χ3v) is 3.25. The van der Waals surface area contributed by atoms with Crippen molar-refractivity contribution in [1.29, 1.82) is 0 Å². The van der Waals surface area contributed by atoms with E-state index in [2.05, 4.69) is 29.2 Å². The van der Waals surface area contributed by atoms with Gasteiger partial charge in [0.05, 0.1) is 6.54 Å². The smallest absolute Gasteiger partial charge is 0.407 e. The summed E-state index contributed by atoms with van der Waals surface area (Å²) in [5.74, 6) is 0. The van der Waals surface area contributed by atoms with E-state index in [0.29, 0.717) is 12.6 Å². The first-order valence-electron chi connectivity index (χ1n) is 6.25. The summed E-state index contributed by atoms with van der Waals surface area (Å²) in [5, 5.41) is 2.67. The van der Waals surface area contributed by atoms with Gasteiger partial charge in [0.2, 0.25) is 0 Å². The van der Waals surface area contributed by atoms with Crippen molar-refractivity contribution in [3.63, 3.8) is 0 Å². The van der Waals surface area contributed by atoms with Gasteiger partial charge in [-0.2, -0.15) is 0 Å². The number of nitrogens with zero attached hydrogens (tertiary/aromatic N) is 2. The Kier molecular flexibility index (Phi) is 4.15. The predicted octanol–water partition coefficient (Wildman–Crippen LogP) is 1.57. The van der Waals surface area contributed by atoms with Gasteiger partial charge in [0.15, 0.2) is 0 Å². The van der Waals surface area contributed by atoms with E-state index in [1.165, 1.54) is 5.56 Å². The van der Waals surface area contributed by atoms with E-state index in [4.69, 9.17) is 4.74 Å². The van der Waals surface area contributed by atoms with Crippen LogP contribution >= 0.6 is 0 Å². The van der Waals surface area contributed by atoms with Gasteiger partial charge in [-0.15, -0.1) is 0 Å². The first-order chi connectivity index (χ1) is 8.70. The van der Waals surface area contributed by atoms with E-state index in [9.17, 15) is 4.79 Å². The highest BCUT2D eigenvalue weighted by molar-refractivity contribution is 5.69. The maximum atomic E-state index is 11.0. The third kappa shape index (κ3) is 2.98. The minimum absolute atomic E-state index is 0.0570. The summed E-state index contributed by atoms with van der Waals surface area (Å²) in [6.07, 6.45) is 4.25. The number of hydrogen-bond donors (Lipinski definition) is 1. The Hall–Kier alpha value is -1.62. The molecular formula is C13H19N3O2. The van der Waals surface area contributed by atoms with Crippen molar-refractivity contribution >= 4 is 6.09 Å². The lowest BCUT2D eigenvalue weighted by molar-refractivity contribution is 0.101. The molecule has 5 heteroatoms. The average molecular weight is 249 g/mol. The van der Waals surface area contributed by atoms with E-state index in [1.54, 1.807) is 0 Å². The summed E-state index contributed by atoms with van der Waals surface area (Å²) < 4.78 is 5.16. The van der Waals surface area contributed by atoms with Gasteiger partial charge in [-0.25, -0.2) is 4.79 Å². The largest absolute Gasteiger partial charge is 0.443 e. The van der Waals surface area contributed by atoms with Crippen molar-refractivity contribution in [2.75, 3.05) is 20.1 Å². The number of likely N-dealkylation sites (N-methyl/N-ethyl adjacent to an activating group) is 1. The fourth-order valence-electron chi connectivity index (χ4n) is 2.37. The lowest BCUT2D eigenvalue weighted by Gasteiger charge is -2.28. The zero-order valence-electron chi connectivity index (χ0n) is 10.8. The molecule has 2 heterocycles. The Morgan fingerprint density at radius 1 is 1.56 bits per heavy atom. The summed E-state index contributed by atoms with van der Waals surface area (Å²) in [7, 11) is 2.06. The Balaban J connectivity index is 1.97. The number of carbonyl (C=O) groups excluding carboxylic acids is 1. The average Bonchev–Trinajstić information content (AvgIpc) is 2.77. The molecule has 0 aromatic carbocycles. The van der Waals surface area contributed by atoms with Crippen LogP contribution in [0.1, 0.15) is 24.9 Å². The van der Waals surface area contributed by atoms with Crippen LogP contribution < -0.4 is 5.32 Å². The Labute approximate surface area is 107 Å². The quantitative estimate of drug-likeness (QED) is 0.860. The molecule has 0 aliphatic carbocycles. The molecule has 0 saturated carbocycles. The minimum atomic E-state index is -0.314. The predicted molar refractivity (Wildman–Crippen MR) is 68.2 cm³/mol. The van der Waals surface area contributed by atoms with E-state index in [1.807, 2.05) is 24.5 Å². The highest BCUT2D eigenvalue weighted by Crippen LogP contribution is 2.22. The number of ether oxygens (including phenoxy) is 1. The molecule has 1 aliphatic rings. The number of nitrogens with one attached hydrogen (secondary N) is 1. The molecule has 0 bridgehead atoms. The fraction of sp³-hybridized carbons (Fsp3) is 0.538. The van der Waals surface area contributed by atoms with E-state index < -0.39 is 0 Å². The van der Waals surface area contributed by atoms with Gasteiger partial charge in [0, 0.05) is 25.0 Å². The van der Waals surface area contributed by atoms with Gasteiger partial charge < -0.3 is 10.1 Å². The number of aromatic nitrogens is 1. The van der Waals surface area contributed by atoms with Gasteiger partial charge in [-0.3, -0.25) is 9.88 Å². The van der Waals surface area contributed by atoms with Gasteiger partial charge >= 0.3 is 6.09 Å². The Morgan fingerprint density at radius 2 is 2.28 bits per heavy atom. The summed E-state index contributed by atoms with van der Waals surface area (Å²) in [6, 6.07) is 4.39. The zero-order valence-corrected chi connectivity index (χ0v) is 10.8. The molecule has 5 nitrogen and oxygen atoms in total. The summed E-state index contributed by atoms with van der Waals surface area (Å²) in [4.78, 5) is 17.2. The molecule has 98 valence electrons. The van der Waals surface area contributed by atoms with Crippen LogP contribution in [0.25, 0.3) is 0 Å². The molecular weight excluding hydrogens is 230 g/mol. The monoisotopic (exact) mass is 249 g/mol. The number of amides is 1. The molecule has 1 aliphatic heterocycles. The van der Waals surface area contributed by atoms with Crippen LogP contribution in [-0.4, -0.2) is 42.2 Å². The van der Waals surface area contributed by atoms with Gasteiger partial charge in [-0.05, 0) is 31.2 Å². The van der Waals surface area contributed by atoms with Gasteiger partial charge in [-0.1, -0.05) is 6.92 Å². The van der Waals surface area contributed by atoms with Crippen molar-refractivity contribution in [2.45, 2.75) is 25.5 Å². The van der Waals surface area contributed by atoms with Crippen LogP contribution in [0.4, 0.5) is 4.79 Å². The molecule has 18 heavy (non-hydrogen) atoms. The molecule has 1 aromatic rings. The van der Waals surface area contributed by atoms with Gasteiger partial charge in [0.1, 0.15) is 6.10 Å². The van der Waals surface area contributed by atoms with E-state index in [0.717, 1.165) is 13.0 Å². The lowest BCUT2D eigenvalue weighted by atomic mass is 10.0. The number of pyridine rings is 1. The van der Waals surface area contributed by atoms with Crippen molar-refractivity contribution in [3.05, 3.63) is 30.1 Å². The number of cyclic esters (lactones) is 1. The highest BCUT2D eigenvalue weighted by atomic mass is 16.6. The van der Waals surface area contributed by atoms with Crippen molar-refractivity contribution in [1.82, 2.24) is 15.2 Å². The van der Waals surface area contributed by atoms with Crippen LogP contribution in [-0.2, 0) is 4.74 Å². The Bertz CT molecular complexity index is 396. The number of rotatable bonds is 5. The summed E-state index contributed by atoms with van der Waals surface area (Å²) in [5.41, 5.74) is 1.24.